The first kappa shape index (κ1) is 18.8. The standard InChI is InChI=1S/C20H18ClN3O3/c1-26-14-4-6-19(27-2)16(8-14)18(25)11-24-20-12(9-22)10-23-17-5-3-13(21)7-15(17)20/h3-8,10,18,25H,11H2,1-2H3,(H,23,24). The molecule has 0 fully saturated rings. The molecule has 27 heavy (non-hydrogen) atoms. The Morgan fingerprint density at radius 1 is 1.22 bits per heavy atom. The molecule has 0 radical (unpaired) electrons. The quantitative estimate of drug-likeness (QED) is 0.670. The number of hydrogen-bond donors (Lipinski definition) is 2. The molecule has 2 N–H and O–H groups in total. The second-order valence-corrected chi connectivity index (χ2v) is 6.26. The molecule has 0 spiro atoms. The number of halogens is 1. The minimum absolute atomic E-state index is 0.157. The van der Waals surface area contributed by atoms with E-state index in [1.807, 2.05) is 0 Å². The zero-order chi connectivity index (χ0) is 19.4. The number of aliphatic hydroxyl groups is 1. The molecule has 1 atom stereocenters. The number of hydrogen-bond acceptors (Lipinski definition) is 6. The van der Waals surface area contributed by atoms with Crippen molar-refractivity contribution in [2.75, 3.05) is 26.1 Å². The fourth-order valence-electron chi connectivity index (χ4n) is 2.85. The molecule has 1 heterocycles. The maximum absolute atomic E-state index is 10.7. The Labute approximate surface area is 161 Å². The Balaban J connectivity index is 1.93. The SMILES string of the molecule is COc1ccc(OC)c(C(O)CNc2c(C#N)cnc3ccc(Cl)cc23)c1. The minimum Gasteiger partial charge on any atom is -0.497 e. The molecule has 2 aromatic carbocycles. The molecule has 138 valence electrons. The summed E-state index contributed by atoms with van der Waals surface area (Å²) in [4.78, 5) is 4.27. The van der Waals surface area contributed by atoms with Crippen LogP contribution in [0.5, 0.6) is 11.5 Å². The second kappa shape index (κ2) is 8.12. The molecular formula is C20H18ClN3O3. The van der Waals surface area contributed by atoms with E-state index in [1.165, 1.54) is 13.3 Å². The van der Waals surface area contributed by atoms with Crippen molar-refractivity contribution >= 4 is 28.2 Å². The van der Waals surface area contributed by atoms with Crippen LogP contribution in [0.4, 0.5) is 5.69 Å². The van der Waals surface area contributed by atoms with E-state index in [0.29, 0.717) is 44.2 Å². The van der Waals surface area contributed by atoms with Gasteiger partial charge in [0.1, 0.15) is 17.6 Å². The van der Waals surface area contributed by atoms with Crippen LogP contribution in [-0.2, 0) is 0 Å². The zero-order valence-corrected chi connectivity index (χ0v) is 15.6. The Morgan fingerprint density at radius 3 is 2.74 bits per heavy atom. The van der Waals surface area contributed by atoms with Crippen molar-refractivity contribution in [3.05, 3.63) is 58.7 Å². The van der Waals surface area contributed by atoms with Gasteiger partial charge in [0.2, 0.25) is 0 Å². The summed E-state index contributed by atoms with van der Waals surface area (Å²) >= 11 is 6.10. The molecule has 0 amide bonds. The molecule has 0 bridgehead atoms. The molecule has 3 aromatic rings. The average molecular weight is 384 g/mol. The maximum atomic E-state index is 10.7. The summed E-state index contributed by atoms with van der Waals surface area (Å²) in [5.41, 5.74) is 2.23. The van der Waals surface area contributed by atoms with Crippen LogP contribution in [0, 0.1) is 11.3 Å². The van der Waals surface area contributed by atoms with E-state index in [-0.39, 0.29) is 6.54 Å². The normalized spacial score (nSPS) is 11.7. The van der Waals surface area contributed by atoms with Gasteiger partial charge in [0, 0.05) is 28.7 Å². The molecule has 3 rings (SSSR count). The van der Waals surface area contributed by atoms with E-state index in [2.05, 4.69) is 16.4 Å². The third-order valence-electron chi connectivity index (χ3n) is 4.22. The first-order valence-corrected chi connectivity index (χ1v) is 8.57. The summed E-state index contributed by atoms with van der Waals surface area (Å²) in [7, 11) is 3.10. The first-order valence-electron chi connectivity index (χ1n) is 8.19. The summed E-state index contributed by atoms with van der Waals surface area (Å²) in [6.45, 7) is 0.157. The molecule has 1 aromatic heterocycles. The van der Waals surface area contributed by atoms with Gasteiger partial charge in [-0.1, -0.05) is 11.6 Å². The number of benzene rings is 2. The van der Waals surface area contributed by atoms with Crippen LogP contribution in [0.15, 0.2) is 42.6 Å². The van der Waals surface area contributed by atoms with Gasteiger partial charge >= 0.3 is 0 Å². The number of anilines is 1. The topological polar surface area (TPSA) is 87.4 Å². The third kappa shape index (κ3) is 3.90. The van der Waals surface area contributed by atoms with Gasteiger partial charge in [-0.05, 0) is 36.4 Å². The van der Waals surface area contributed by atoms with Gasteiger partial charge in [-0.15, -0.1) is 0 Å². The van der Waals surface area contributed by atoms with Crippen LogP contribution in [-0.4, -0.2) is 30.9 Å². The van der Waals surface area contributed by atoms with Crippen molar-refractivity contribution in [2.45, 2.75) is 6.10 Å². The van der Waals surface area contributed by atoms with Gasteiger partial charge in [-0.3, -0.25) is 4.98 Å². The number of rotatable bonds is 6. The van der Waals surface area contributed by atoms with Gasteiger partial charge in [-0.25, -0.2) is 0 Å². The minimum atomic E-state index is -0.885. The molecule has 1 unspecified atom stereocenters. The van der Waals surface area contributed by atoms with Crippen LogP contribution in [0.25, 0.3) is 10.9 Å². The van der Waals surface area contributed by atoms with Crippen LogP contribution in [0.1, 0.15) is 17.2 Å². The van der Waals surface area contributed by atoms with Crippen LogP contribution < -0.4 is 14.8 Å². The number of ether oxygens (including phenoxy) is 2. The summed E-state index contributed by atoms with van der Waals surface area (Å²) in [5, 5.41) is 24.5. The maximum Gasteiger partial charge on any atom is 0.124 e. The highest BCUT2D eigenvalue weighted by atomic mass is 35.5. The highest BCUT2D eigenvalue weighted by molar-refractivity contribution is 6.31. The number of pyridine rings is 1. The smallest absolute Gasteiger partial charge is 0.124 e. The van der Waals surface area contributed by atoms with Crippen molar-refractivity contribution in [2.24, 2.45) is 0 Å². The van der Waals surface area contributed by atoms with Crippen LogP contribution in [0.3, 0.4) is 0 Å². The van der Waals surface area contributed by atoms with E-state index in [4.69, 9.17) is 21.1 Å². The number of nitrogens with zero attached hydrogens (tertiary/aromatic N) is 2. The molecule has 0 aliphatic rings. The molecule has 6 nitrogen and oxygen atoms in total. The Hall–Kier alpha value is -3.01. The average Bonchev–Trinajstić information content (AvgIpc) is 2.70. The van der Waals surface area contributed by atoms with Gasteiger partial charge in [0.05, 0.1) is 37.1 Å². The van der Waals surface area contributed by atoms with Gasteiger partial charge < -0.3 is 19.9 Å². The Kier molecular flexibility index (Phi) is 5.65. The molecule has 0 saturated carbocycles. The highest BCUT2D eigenvalue weighted by Crippen LogP contribution is 2.32. The lowest BCUT2D eigenvalue weighted by atomic mass is 10.1. The number of fused-ring (bicyclic) bond motifs is 1. The summed E-state index contributed by atoms with van der Waals surface area (Å²) in [6.07, 6.45) is 0.612. The monoisotopic (exact) mass is 383 g/mol. The lowest BCUT2D eigenvalue weighted by molar-refractivity contribution is 0.186. The molecular weight excluding hydrogens is 366 g/mol. The summed E-state index contributed by atoms with van der Waals surface area (Å²) in [6, 6.07) is 12.6. The highest BCUT2D eigenvalue weighted by Gasteiger charge is 2.16. The molecule has 0 aliphatic heterocycles. The third-order valence-corrected chi connectivity index (χ3v) is 4.45. The van der Waals surface area contributed by atoms with E-state index in [0.717, 1.165) is 0 Å². The van der Waals surface area contributed by atoms with Crippen molar-refractivity contribution in [3.8, 4) is 17.6 Å². The fourth-order valence-corrected chi connectivity index (χ4v) is 3.02. The van der Waals surface area contributed by atoms with Crippen molar-refractivity contribution < 1.29 is 14.6 Å². The number of aliphatic hydroxyl groups excluding tert-OH is 1. The predicted octanol–water partition coefficient (Wildman–Crippen LogP) is 3.92. The summed E-state index contributed by atoms with van der Waals surface area (Å²) < 4.78 is 10.5. The lowest BCUT2D eigenvalue weighted by Gasteiger charge is -2.18. The van der Waals surface area contributed by atoms with Crippen molar-refractivity contribution in [3.63, 3.8) is 0 Å². The van der Waals surface area contributed by atoms with E-state index in [1.54, 1.807) is 43.5 Å². The van der Waals surface area contributed by atoms with Gasteiger partial charge in [0.15, 0.2) is 0 Å². The number of methoxy groups -OCH3 is 2. The molecule has 0 saturated heterocycles. The Morgan fingerprint density at radius 2 is 2.04 bits per heavy atom. The number of aromatic nitrogens is 1. The number of nitriles is 1. The van der Waals surface area contributed by atoms with Crippen LogP contribution >= 0.6 is 11.6 Å². The van der Waals surface area contributed by atoms with E-state index in [9.17, 15) is 10.4 Å². The summed E-state index contributed by atoms with van der Waals surface area (Å²) in [5.74, 6) is 1.16. The van der Waals surface area contributed by atoms with Crippen molar-refractivity contribution in [1.82, 2.24) is 4.98 Å². The van der Waals surface area contributed by atoms with Gasteiger partial charge in [0.25, 0.3) is 0 Å². The Bertz CT molecular complexity index is 1020. The van der Waals surface area contributed by atoms with E-state index < -0.39 is 6.10 Å². The lowest BCUT2D eigenvalue weighted by Crippen LogP contribution is -2.14. The predicted molar refractivity (Wildman–Crippen MR) is 104 cm³/mol. The molecule has 7 heteroatoms. The largest absolute Gasteiger partial charge is 0.497 e. The number of nitrogens with one attached hydrogen (secondary N) is 1. The van der Waals surface area contributed by atoms with E-state index >= 15 is 0 Å². The van der Waals surface area contributed by atoms with Gasteiger partial charge in [-0.2, -0.15) is 5.26 Å². The molecule has 0 aliphatic carbocycles. The zero-order valence-electron chi connectivity index (χ0n) is 14.9. The fraction of sp³-hybridized carbons (Fsp3) is 0.200. The van der Waals surface area contributed by atoms with Crippen LogP contribution in [0.2, 0.25) is 5.02 Å². The van der Waals surface area contributed by atoms with Crippen molar-refractivity contribution in [1.29, 1.82) is 5.26 Å². The first-order chi connectivity index (χ1) is 13.1. The second-order valence-electron chi connectivity index (χ2n) is 5.82.